The first-order valence-corrected chi connectivity index (χ1v) is 5.43. The van der Waals surface area contributed by atoms with Crippen LogP contribution >= 0.6 is 15.9 Å². The Kier molecular flexibility index (Phi) is 2.73. The third-order valence-corrected chi connectivity index (χ3v) is 3.29. The molecule has 0 amide bonds. The highest BCUT2D eigenvalue weighted by molar-refractivity contribution is 9.09. The smallest absolute Gasteiger partial charge is 0.105 e. The minimum atomic E-state index is 0.224. The zero-order chi connectivity index (χ0) is 9.97. The first-order valence-electron chi connectivity index (χ1n) is 4.52. The number of hydrogen-bond donors (Lipinski definition) is 0. The van der Waals surface area contributed by atoms with E-state index in [-0.39, 0.29) is 4.83 Å². The highest BCUT2D eigenvalue weighted by Crippen LogP contribution is 2.32. The van der Waals surface area contributed by atoms with Gasteiger partial charge in [-0.25, -0.2) is 0 Å². The summed E-state index contributed by atoms with van der Waals surface area (Å²) in [5.41, 5.74) is 2.44. The lowest BCUT2D eigenvalue weighted by molar-refractivity contribution is 0.530. The van der Waals surface area contributed by atoms with Gasteiger partial charge in [-0.15, -0.1) is 0 Å². The predicted molar refractivity (Wildman–Crippen MR) is 60.7 cm³/mol. The van der Waals surface area contributed by atoms with Gasteiger partial charge in [-0.3, -0.25) is 0 Å². The molecule has 1 aromatic carbocycles. The second kappa shape index (κ2) is 4.01. The highest BCUT2D eigenvalue weighted by Gasteiger charge is 2.13. The molecule has 0 saturated heterocycles. The van der Waals surface area contributed by atoms with Gasteiger partial charge in [-0.05, 0) is 18.6 Å². The molecule has 0 saturated carbocycles. The van der Waals surface area contributed by atoms with Crippen molar-refractivity contribution in [2.45, 2.75) is 11.8 Å². The Morgan fingerprint density at radius 3 is 2.43 bits per heavy atom. The molecule has 0 aliphatic carbocycles. The third-order valence-electron chi connectivity index (χ3n) is 2.26. The number of aryl methyl sites for hydroxylation is 1. The maximum Gasteiger partial charge on any atom is 0.105 e. The number of furan rings is 1. The molecule has 1 unspecified atom stereocenters. The Labute approximate surface area is 91.9 Å². The number of alkyl halides is 1. The summed E-state index contributed by atoms with van der Waals surface area (Å²) in [6, 6.07) is 12.3. The summed E-state index contributed by atoms with van der Waals surface area (Å²) >= 11 is 3.66. The molecule has 0 fully saturated rings. The quantitative estimate of drug-likeness (QED) is 0.733. The van der Waals surface area contributed by atoms with E-state index in [0.717, 1.165) is 5.76 Å². The van der Waals surface area contributed by atoms with Gasteiger partial charge in [-0.2, -0.15) is 0 Å². The van der Waals surface area contributed by atoms with Crippen LogP contribution in [-0.4, -0.2) is 0 Å². The summed E-state index contributed by atoms with van der Waals surface area (Å²) in [5, 5.41) is 0. The molecule has 1 nitrogen and oxygen atoms in total. The molecule has 14 heavy (non-hydrogen) atoms. The fourth-order valence-electron chi connectivity index (χ4n) is 1.46. The fourth-order valence-corrected chi connectivity index (χ4v) is 2.24. The molecule has 0 N–H and O–H groups in total. The maximum absolute atomic E-state index is 5.28. The minimum Gasteiger partial charge on any atom is -0.469 e. The van der Waals surface area contributed by atoms with Gasteiger partial charge in [0.05, 0.1) is 11.1 Å². The van der Waals surface area contributed by atoms with Crippen molar-refractivity contribution in [1.82, 2.24) is 0 Å². The van der Waals surface area contributed by atoms with Crippen molar-refractivity contribution in [2.75, 3.05) is 0 Å². The number of hydrogen-bond acceptors (Lipinski definition) is 1. The van der Waals surface area contributed by atoms with E-state index in [1.165, 1.54) is 11.1 Å². The van der Waals surface area contributed by atoms with E-state index in [4.69, 9.17) is 4.42 Å². The van der Waals surface area contributed by atoms with E-state index in [1.54, 1.807) is 6.26 Å². The van der Waals surface area contributed by atoms with Crippen molar-refractivity contribution in [3.05, 3.63) is 59.5 Å². The summed E-state index contributed by atoms with van der Waals surface area (Å²) < 4.78 is 5.28. The van der Waals surface area contributed by atoms with Gasteiger partial charge in [0.15, 0.2) is 0 Å². The number of rotatable bonds is 2. The molecule has 0 bridgehead atoms. The Bertz CT molecular complexity index is 405. The third kappa shape index (κ3) is 1.75. The maximum atomic E-state index is 5.28. The lowest BCUT2D eigenvalue weighted by atomic mass is 10.1. The summed E-state index contributed by atoms with van der Waals surface area (Å²) in [4.78, 5) is 0.224. The van der Waals surface area contributed by atoms with Crippen LogP contribution < -0.4 is 0 Å². The first-order chi connectivity index (χ1) is 6.79. The molecule has 0 radical (unpaired) electrons. The Morgan fingerprint density at radius 2 is 1.86 bits per heavy atom. The largest absolute Gasteiger partial charge is 0.469 e. The van der Waals surface area contributed by atoms with E-state index in [2.05, 4.69) is 28.1 Å². The van der Waals surface area contributed by atoms with Gasteiger partial charge < -0.3 is 4.42 Å². The van der Waals surface area contributed by atoms with Crippen LogP contribution in [0.5, 0.6) is 0 Å². The molecule has 2 rings (SSSR count). The minimum absolute atomic E-state index is 0.224. The molecule has 0 spiro atoms. The molecule has 1 aromatic heterocycles. The van der Waals surface area contributed by atoms with Crippen LogP contribution in [0.1, 0.15) is 21.7 Å². The summed E-state index contributed by atoms with van der Waals surface area (Å²) in [6.07, 6.45) is 1.72. The molecule has 1 atom stereocenters. The summed E-state index contributed by atoms with van der Waals surface area (Å²) in [5.74, 6) is 0.968. The monoisotopic (exact) mass is 250 g/mol. The van der Waals surface area contributed by atoms with Crippen molar-refractivity contribution < 1.29 is 4.42 Å². The van der Waals surface area contributed by atoms with Gasteiger partial charge in [0, 0.05) is 5.56 Å². The van der Waals surface area contributed by atoms with Crippen LogP contribution in [0, 0.1) is 6.92 Å². The van der Waals surface area contributed by atoms with Crippen LogP contribution in [0.15, 0.2) is 47.1 Å². The normalized spacial score (nSPS) is 12.7. The second-order valence-electron chi connectivity index (χ2n) is 3.21. The number of benzene rings is 1. The van der Waals surface area contributed by atoms with Crippen LogP contribution in [0.4, 0.5) is 0 Å². The first kappa shape index (κ1) is 9.53. The van der Waals surface area contributed by atoms with E-state index in [1.807, 2.05) is 31.2 Å². The molecule has 1 heterocycles. The lowest BCUT2D eigenvalue weighted by Crippen LogP contribution is -1.91. The summed E-state index contributed by atoms with van der Waals surface area (Å²) in [6.45, 7) is 1.98. The van der Waals surface area contributed by atoms with Crippen LogP contribution in [0.25, 0.3) is 0 Å². The van der Waals surface area contributed by atoms with Gasteiger partial charge in [0.2, 0.25) is 0 Å². The zero-order valence-corrected chi connectivity index (χ0v) is 9.49. The standard InChI is InChI=1S/C12H11BrO/c1-9-11(7-8-14-9)12(13)10-5-3-2-4-6-10/h2-8,12H,1H3. The predicted octanol–water partition coefficient (Wildman–Crippen LogP) is 4.07. The van der Waals surface area contributed by atoms with Crippen LogP contribution in [0.3, 0.4) is 0 Å². The highest BCUT2D eigenvalue weighted by atomic mass is 79.9. The molecule has 2 aromatic rings. The Balaban J connectivity index is 2.34. The summed E-state index contributed by atoms with van der Waals surface area (Å²) in [7, 11) is 0. The second-order valence-corrected chi connectivity index (χ2v) is 4.12. The lowest BCUT2D eigenvalue weighted by Gasteiger charge is -2.08. The molecule has 2 heteroatoms. The van der Waals surface area contributed by atoms with Crippen molar-refractivity contribution in [3.8, 4) is 0 Å². The Morgan fingerprint density at radius 1 is 1.14 bits per heavy atom. The van der Waals surface area contributed by atoms with E-state index in [0.29, 0.717) is 0 Å². The van der Waals surface area contributed by atoms with Gasteiger partial charge in [-0.1, -0.05) is 46.3 Å². The zero-order valence-electron chi connectivity index (χ0n) is 7.91. The van der Waals surface area contributed by atoms with E-state index in [9.17, 15) is 0 Å². The molecular weight excluding hydrogens is 240 g/mol. The SMILES string of the molecule is Cc1occc1C(Br)c1ccccc1. The van der Waals surface area contributed by atoms with Crippen molar-refractivity contribution >= 4 is 15.9 Å². The topological polar surface area (TPSA) is 13.1 Å². The van der Waals surface area contributed by atoms with Crippen molar-refractivity contribution in [2.24, 2.45) is 0 Å². The average molecular weight is 251 g/mol. The van der Waals surface area contributed by atoms with Crippen molar-refractivity contribution in [1.29, 1.82) is 0 Å². The Hall–Kier alpha value is -1.02. The van der Waals surface area contributed by atoms with Gasteiger partial charge >= 0.3 is 0 Å². The van der Waals surface area contributed by atoms with Crippen molar-refractivity contribution in [3.63, 3.8) is 0 Å². The van der Waals surface area contributed by atoms with E-state index >= 15 is 0 Å². The average Bonchev–Trinajstić information content (AvgIpc) is 2.65. The van der Waals surface area contributed by atoms with Gasteiger partial charge in [0.25, 0.3) is 0 Å². The van der Waals surface area contributed by atoms with Crippen LogP contribution in [0.2, 0.25) is 0 Å². The molecule has 72 valence electrons. The van der Waals surface area contributed by atoms with Gasteiger partial charge in [0.1, 0.15) is 5.76 Å². The van der Waals surface area contributed by atoms with E-state index < -0.39 is 0 Å². The molecule has 0 aliphatic heterocycles. The fraction of sp³-hybridized carbons (Fsp3) is 0.167. The molecular formula is C12H11BrO. The number of halogens is 1. The molecule has 0 aliphatic rings. The van der Waals surface area contributed by atoms with Crippen LogP contribution in [-0.2, 0) is 0 Å².